The van der Waals surface area contributed by atoms with Crippen LogP contribution in [0.5, 0.6) is 11.8 Å². The summed E-state index contributed by atoms with van der Waals surface area (Å²) in [6.45, 7) is 26.6. The number of thiazole rings is 1. The van der Waals surface area contributed by atoms with Crippen molar-refractivity contribution in [2.75, 3.05) is 0 Å². The molecule has 2 aromatic rings. The molecule has 2 aliphatic heterocycles. The molecule has 1 atom stereocenters. The van der Waals surface area contributed by atoms with Gasteiger partial charge < -0.3 is 34.9 Å². The van der Waals surface area contributed by atoms with Crippen molar-refractivity contribution in [3.63, 3.8) is 0 Å². The van der Waals surface area contributed by atoms with Gasteiger partial charge in [-0.25, -0.2) is 9.59 Å². The number of nitrogens with zero attached hydrogens (tertiary/aromatic N) is 1. The molecule has 4 heterocycles. The Kier molecular flexibility index (Phi) is 13.9. The summed E-state index contributed by atoms with van der Waals surface area (Å²) in [6.07, 6.45) is -0.731. The molecule has 262 valence electrons. The Morgan fingerprint density at radius 2 is 1.33 bits per heavy atom. The molecule has 0 aromatic carbocycles. The summed E-state index contributed by atoms with van der Waals surface area (Å²) in [4.78, 5) is 47.9. The van der Waals surface area contributed by atoms with E-state index in [1.165, 1.54) is 0 Å². The number of esters is 1. The van der Waals surface area contributed by atoms with Gasteiger partial charge in [0.1, 0.15) is 5.82 Å². The second-order valence-electron chi connectivity index (χ2n) is 14.2. The van der Waals surface area contributed by atoms with E-state index in [0.717, 1.165) is 23.3 Å². The number of carbonyl (C=O) groups excluding carboxylic acids is 2. The monoisotopic (exact) mass is 690 g/mol. The van der Waals surface area contributed by atoms with Crippen LogP contribution in [0.1, 0.15) is 101 Å². The predicted molar refractivity (Wildman–Crippen MR) is 180 cm³/mol. The second kappa shape index (κ2) is 15.2. The minimum Gasteiger partial charge on any atom is -0.505 e. The smallest absolute Gasteiger partial charge is 0.419 e. The van der Waals surface area contributed by atoms with Gasteiger partial charge >= 0.3 is 21.8 Å². The molecule has 1 saturated heterocycles. The van der Waals surface area contributed by atoms with Crippen LogP contribution in [-0.4, -0.2) is 57.6 Å². The highest BCUT2D eigenvalue weighted by Crippen LogP contribution is 2.34. The lowest BCUT2D eigenvalue weighted by atomic mass is 9.88. The number of aliphatic hydroxyl groups excluding tert-OH is 2. The maximum Gasteiger partial charge on any atom is 0.419 e. The fraction of sp³-hybridized carbons (Fsp3) is 0.600. The van der Waals surface area contributed by atoms with Gasteiger partial charge in [-0.1, -0.05) is 87.7 Å². The number of amides is 1. The number of hydrogen-bond acceptors (Lipinski definition) is 13. The molecule has 46 heavy (non-hydrogen) atoms. The first-order chi connectivity index (χ1) is 20.1. The molecule has 4 rings (SSSR count). The average molecular weight is 691 g/mol. The highest BCUT2D eigenvalue weighted by molar-refractivity contribution is 8.12. The number of H-pyrrole nitrogens is 2. The number of ether oxygens (including phenoxy) is 1. The zero-order valence-corrected chi connectivity index (χ0v) is 29.4. The molecular weight excluding hydrogens is 640 g/mol. The Bertz CT molecular complexity index is 1460. The summed E-state index contributed by atoms with van der Waals surface area (Å²) in [5, 5.41) is 39.1. The lowest BCUT2D eigenvalue weighted by Crippen LogP contribution is -2.34. The van der Waals surface area contributed by atoms with Crippen molar-refractivity contribution in [2.45, 2.75) is 113 Å². The highest BCUT2D eigenvalue weighted by atomic mass is 32.2. The van der Waals surface area contributed by atoms with Crippen molar-refractivity contribution < 1.29 is 39.2 Å². The third-order valence-corrected chi connectivity index (χ3v) is 8.11. The molecule has 0 radical (unpaired) electrons. The lowest BCUT2D eigenvalue weighted by molar-refractivity contribution is -0.146. The summed E-state index contributed by atoms with van der Waals surface area (Å²) >= 11 is 2.22. The number of cyclic esters (lactones) is 1. The Labute approximate surface area is 277 Å². The zero-order valence-electron chi connectivity index (χ0n) is 27.8. The summed E-state index contributed by atoms with van der Waals surface area (Å²) in [5.74, 6) is -1.72. The Hall–Kier alpha value is -3.79. The topological polar surface area (TPSA) is 218 Å². The van der Waals surface area contributed by atoms with Crippen molar-refractivity contribution >= 4 is 34.5 Å². The van der Waals surface area contributed by atoms with E-state index in [1.807, 2.05) is 66.6 Å². The Morgan fingerprint density at radius 3 is 1.50 bits per heavy atom. The van der Waals surface area contributed by atoms with Gasteiger partial charge in [0.15, 0.2) is 17.6 Å². The van der Waals surface area contributed by atoms with Crippen LogP contribution in [0.3, 0.4) is 0 Å². The third-order valence-electron chi connectivity index (χ3n) is 5.59. The van der Waals surface area contributed by atoms with E-state index in [1.54, 1.807) is 20.8 Å². The number of carbonyl (C=O) groups is 2. The van der Waals surface area contributed by atoms with Crippen LogP contribution in [0.2, 0.25) is 0 Å². The summed E-state index contributed by atoms with van der Waals surface area (Å²) in [7, 11) is 0. The zero-order chi connectivity index (χ0) is 35.5. The minimum absolute atomic E-state index is 0. The number of rotatable bonds is 0. The minimum atomic E-state index is -0.854. The van der Waals surface area contributed by atoms with Crippen LogP contribution in [0.15, 0.2) is 37.9 Å². The van der Waals surface area contributed by atoms with Crippen LogP contribution in [0.4, 0.5) is 4.79 Å². The van der Waals surface area contributed by atoms with Crippen molar-refractivity contribution in [3.05, 3.63) is 54.8 Å². The van der Waals surface area contributed by atoms with Gasteiger partial charge in [-0.05, 0) is 20.8 Å². The molecule has 16 heteroatoms. The standard InChI is InChI=1S/C8H12O4.C7H12N2OS.C7H11NO3.C7H11NO2S.CH4/c1-8(2,3)6-4(9)5(10)7(11)12-6;1-5-8-6(10)11-9(5)7(2,3)4;2*1-7(2,3)4-5(9)8-6(10)11-4;/h6,9-10H,1-3H3;1H2,2-4H3,(H,8,10);2*9H,1-3H3,(H,8,10);1H4. The molecule has 2 aromatic heterocycles. The van der Waals surface area contributed by atoms with Gasteiger partial charge in [0.05, 0.1) is 16.8 Å². The van der Waals surface area contributed by atoms with Crippen LogP contribution in [0, 0.1) is 5.41 Å². The summed E-state index contributed by atoms with van der Waals surface area (Å²) in [6, 6.07) is 0. The molecule has 0 saturated carbocycles. The van der Waals surface area contributed by atoms with Crippen LogP contribution in [0.25, 0.3) is 0 Å². The second-order valence-corrected chi connectivity index (χ2v) is 16.1. The predicted octanol–water partition coefficient (Wildman–Crippen LogP) is 6.26. The van der Waals surface area contributed by atoms with E-state index in [0.29, 0.717) is 16.5 Å². The molecule has 0 aliphatic carbocycles. The van der Waals surface area contributed by atoms with E-state index in [9.17, 15) is 29.4 Å². The van der Waals surface area contributed by atoms with Crippen molar-refractivity contribution in [1.82, 2.24) is 19.6 Å². The van der Waals surface area contributed by atoms with E-state index >= 15 is 0 Å². The number of aromatic amines is 2. The maximum absolute atomic E-state index is 10.9. The molecule has 1 amide bonds. The van der Waals surface area contributed by atoms with E-state index in [4.69, 9.17) is 19.4 Å². The number of aliphatic hydroxyl groups is 2. The number of aromatic hydroxyl groups is 2. The fourth-order valence-electron chi connectivity index (χ4n) is 3.56. The van der Waals surface area contributed by atoms with Crippen LogP contribution < -0.4 is 15.9 Å². The van der Waals surface area contributed by atoms with Gasteiger partial charge in [-0.3, -0.25) is 23.9 Å². The third kappa shape index (κ3) is 11.9. The van der Waals surface area contributed by atoms with Gasteiger partial charge in [0, 0.05) is 21.8 Å². The average Bonchev–Trinajstić information content (AvgIpc) is 3.55. The van der Waals surface area contributed by atoms with Gasteiger partial charge in [0.2, 0.25) is 17.5 Å². The van der Waals surface area contributed by atoms with E-state index in [-0.39, 0.29) is 51.4 Å². The number of nitrogens with one attached hydrogen (secondary N) is 3. The molecule has 14 nitrogen and oxygen atoms in total. The van der Waals surface area contributed by atoms with E-state index < -0.39 is 29.0 Å². The first-order valence-electron chi connectivity index (χ1n) is 13.7. The first-order valence-corrected chi connectivity index (χ1v) is 15.3. The van der Waals surface area contributed by atoms with E-state index in [2.05, 4.69) is 21.9 Å². The van der Waals surface area contributed by atoms with Gasteiger partial charge in [0.25, 0.3) is 0 Å². The van der Waals surface area contributed by atoms with Crippen LogP contribution in [-0.2, 0) is 20.4 Å². The molecule has 0 bridgehead atoms. The Morgan fingerprint density at radius 1 is 0.804 bits per heavy atom. The first kappa shape index (κ1) is 42.2. The highest BCUT2D eigenvalue weighted by Gasteiger charge is 2.41. The largest absolute Gasteiger partial charge is 0.505 e. The normalized spacial score (nSPS) is 16.7. The SMILES string of the molecule is C.C=C1NC(=O)SN1C(C)(C)C.CC(C)(C)C1OC(=O)C(O)=C1O.CC(C)(C)c1oc(=O)[nH]c1O.CC(C)(C)c1sc(=O)[nH]c1O. The van der Waals surface area contributed by atoms with Crippen LogP contribution >= 0.6 is 23.3 Å². The molecule has 2 aliphatic rings. The van der Waals surface area contributed by atoms with Crippen molar-refractivity contribution in [3.8, 4) is 11.8 Å². The lowest BCUT2D eigenvalue weighted by Gasteiger charge is -2.30. The quantitative estimate of drug-likeness (QED) is 0.120. The molecule has 1 fully saturated rings. The summed E-state index contributed by atoms with van der Waals surface area (Å²) < 4.78 is 11.3. The molecule has 1 unspecified atom stereocenters. The van der Waals surface area contributed by atoms with Crippen molar-refractivity contribution in [2.24, 2.45) is 5.41 Å². The van der Waals surface area contributed by atoms with Gasteiger partial charge in [-0.15, -0.1) is 0 Å². The van der Waals surface area contributed by atoms with Crippen molar-refractivity contribution in [1.29, 1.82) is 0 Å². The fourth-order valence-corrected chi connectivity index (χ4v) is 5.11. The number of aromatic nitrogens is 2. The maximum atomic E-state index is 10.9. The molecule has 7 N–H and O–H groups in total. The van der Waals surface area contributed by atoms with Gasteiger partial charge in [-0.2, -0.15) is 0 Å². The Balaban J connectivity index is 0.000000583. The molecule has 0 spiro atoms. The summed E-state index contributed by atoms with van der Waals surface area (Å²) in [5.41, 5.74) is -0.956. The number of hydrogen-bond donors (Lipinski definition) is 7. The molecular formula is C30H50N4O10S2. The number of oxazole rings is 1.